The molecule has 0 aliphatic rings. The Bertz CT molecular complexity index is 899. The molecule has 29 heavy (non-hydrogen) atoms. The van der Waals surface area contributed by atoms with Crippen LogP contribution in [-0.2, 0) is 21.3 Å². The van der Waals surface area contributed by atoms with E-state index in [1.54, 1.807) is 6.92 Å². The number of rotatable bonds is 8. The van der Waals surface area contributed by atoms with E-state index in [2.05, 4.69) is 38.0 Å². The van der Waals surface area contributed by atoms with Crippen molar-refractivity contribution in [1.29, 1.82) is 0 Å². The molecule has 0 aromatic heterocycles. The summed E-state index contributed by atoms with van der Waals surface area (Å²) in [6, 6.07) is 13.5. The van der Waals surface area contributed by atoms with Crippen LogP contribution in [0.25, 0.3) is 10.8 Å². The van der Waals surface area contributed by atoms with Crippen LogP contribution in [-0.4, -0.2) is 23.8 Å². The molecule has 0 saturated heterocycles. The highest BCUT2D eigenvalue weighted by Gasteiger charge is 2.40. The molecule has 2 rings (SSSR count). The van der Waals surface area contributed by atoms with Crippen LogP contribution in [0.5, 0.6) is 5.75 Å². The van der Waals surface area contributed by atoms with Gasteiger partial charge in [-0.15, -0.1) is 0 Å². The Labute approximate surface area is 180 Å². The Morgan fingerprint density at radius 1 is 1.10 bits per heavy atom. The first-order valence-electron chi connectivity index (χ1n) is 10.1. The third-order valence-electron chi connectivity index (χ3n) is 5.00. The fraction of sp³-hybridized carbons (Fsp3) is 0.522. The molecule has 160 valence electrons. The zero-order valence-electron chi connectivity index (χ0n) is 18.6. The second kappa shape index (κ2) is 9.16. The molecule has 1 unspecified atom stereocenters. The average molecular weight is 436 g/mol. The maximum Gasteiger partial charge on any atom is 0.323 e. The molecule has 2 aromatic carbocycles. The highest BCUT2D eigenvalue weighted by atomic mass is 32.4. The van der Waals surface area contributed by atoms with Gasteiger partial charge in [-0.25, -0.2) is 5.09 Å². The van der Waals surface area contributed by atoms with Crippen molar-refractivity contribution in [3.63, 3.8) is 0 Å². The SMILES string of the molecule is CCC(C)(C)P(=S)(N[C@H](C)C(=O)OCC(C)(C)C)Oc1cccc2ccccc12. The van der Waals surface area contributed by atoms with E-state index in [1.807, 2.05) is 51.1 Å². The van der Waals surface area contributed by atoms with Crippen LogP contribution in [0.4, 0.5) is 0 Å². The van der Waals surface area contributed by atoms with E-state index in [1.165, 1.54) is 0 Å². The molecule has 0 fully saturated rings. The van der Waals surface area contributed by atoms with Crippen molar-refractivity contribution >= 4 is 35.0 Å². The first-order valence-corrected chi connectivity index (χ1v) is 12.8. The predicted octanol–water partition coefficient (Wildman–Crippen LogP) is 6.28. The number of esters is 1. The summed E-state index contributed by atoms with van der Waals surface area (Å²) in [5, 5.41) is 5.17. The van der Waals surface area contributed by atoms with Gasteiger partial charge in [0.2, 0.25) is 0 Å². The summed E-state index contributed by atoms with van der Waals surface area (Å²) < 4.78 is 12.0. The molecular formula is C23H34NO3PS. The van der Waals surface area contributed by atoms with Gasteiger partial charge in [0.15, 0.2) is 6.42 Å². The first-order chi connectivity index (χ1) is 13.4. The molecule has 0 saturated carbocycles. The molecule has 0 bridgehead atoms. The predicted molar refractivity (Wildman–Crippen MR) is 126 cm³/mol. The van der Waals surface area contributed by atoms with E-state index in [4.69, 9.17) is 21.1 Å². The summed E-state index contributed by atoms with van der Waals surface area (Å²) >= 11 is 6.11. The fourth-order valence-corrected chi connectivity index (χ4v) is 5.89. The fourth-order valence-electron chi connectivity index (χ4n) is 2.67. The van der Waals surface area contributed by atoms with E-state index >= 15 is 0 Å². The number of carbonyl (C=O) groups is 1. The Morgan fingerprint density at radius 3 is 2.34 bits per heavy atom. The maximum atomic E-state index is 12.6. The van der Waals surface area contributed by atoms with Crippen LogP contribution in [0.2, 0.25) is 0 Å². The minimum Gasteiger partial charge on any atom is -0.464 e. The summed E-state index contributed by atoms with van der Waals surface area (Å²) in [5.41, 5.74) is -0.0856. The summed E-state index contributed by atoms with van der Waals surface area (Å²) in [4.78, 5) is 12.6. The number of fused-ring (bicyclic) bond motifs is 1. The summed E-state index contributed by atoms with van der Waals surface area (Å²) in [6.07, 6.45) is -1.82. The average Bonchev–Trinajstić information content (AvgIpc) is 2.65. The summed E-state index contributed by atoms with van der Waals surface area (Å²) in [5.74, 6) is 0.443. The third-order valence-corrected chi connectivity index (χ3v) is 10.1. The van der Waals surface area contributed by atoms with Gasteiger partial charge in [-0.05, 0) is 42.0 Å². The number of ether oxygens (including phenoxy) is 1. The molecule has 0 aliphatic heterocycles. The number of benzene rings is 2. The Kier molecular flexibility index (Phi) is 7.53. The van der Waals surface area contributed by atoms with Gasteiger partial charge in [0, 0.05) is 10.5 Å². The molecule has 0 amide bonds. The normalized spacial score (nSPS) is 15.6. The van der Waals surface area contributed by atoms with Crippen LogP contribution in [0.1, 0.15) is 54.9 Å². The number of hydrogen-bond acceptors (Lipinski definition) is 4. The van der Waals surface area contributed by atoms with Crippen LogP contribution in [0.3, 0.4) is 0 Å². The van der Waals surface area contributed by atoms with Crippen molar-refractivity contribution in [1.82, 2.24) is 5.09 Å². The third kappa shape index (κ3) is 6.04. The molecule has 2 atom stereocenters. The lowest BCUT2D eigenvalue weighted by molar-refractivity contribution is -0.147. The lowest BCUT2D eigenvalue weighted by Gasteiger charge is -2.39. The minimum atomic E-state index is -2.64. The molecule has 0 spiro atoms. The largest absolute Gasteiger partial charge is 0.464 e. The smallest absolute Gasteiger partial charge is 0.323 e. The van der Waals surface area contributed by atoms with Gasteiger partial charge in [-0.2, -0.15) is 0 Å². The molecule has 1 N–H and O–H groups in total. The van der Waals surface area contributed by atoms with Crippen molar-refractivity contribution in [3.8, 4) is 5.75 Å². The van der Waals surface area contributed by atoms with E-state index < -0.39 is 12.5 Å². The van der Waals surface area contributed by atoms with E-state index in [0.29, 0.717) is 6.61 Å². The van der Waals surface area contributed by atoms with Gasteiger partial charge in [-0.3, -0.25) is 4.79 Å². The number of nitrogens with one attached hydrogen (secondary N) is 1. The van der Waals surface area contributed by atoms with Crippen molar-refractivity contribution in [2.45, 2.75) is 66.1 Å². The van der Waals surface area contributed by atoms with Gasteiger partial charge >= 0.3 is 5.97 Å². The van der Waals surface area contributed by atoms with Gasteiger partial charge in [0.05, 0.1) is 6.61 Å². The quantitative estimate of drug-likeness (QED) is 0.390. The van der Waals surface area contributed by atoms with Crippen molar-refractivity contribution in [2.75, 3.05) is 6.61 Å². The zero-order chi connectivity index (χ0) is 21.9. The van der Waals surface area contributed by atoms with Crippen LogP contribution < -0.4 is 9.61 Å². The maximum absolute atomic E-state index is 12.6. The lowest BCUT2D eigenvalue weighted by Crippen LogP contribution is -2.41. The van der Waals surface area contributed by atoms with Crippen molar-refractivity contribution < 1.29 is 14.1 Å². The van der Waals surface area contributed by atoms with Gasteiger partial charge < -0.3 is 9.26 Å². The summed E-state index contributed by atoms with van der Waals surface area (Å²) in [7, 11) is 0. The highest BCUT2D eigenvalue weighted by molar-refractivity contribution is 8.12. The van der Waals surface area contributed by atoms with Crippen molar-refractivity contribution in [3.05, 3.63) is 42.5 Å². The van der Waals surface area contributed by atoms with Crippen LogP contribution in [0, 0.1) is 5.41 Å². The second-order valence-corrected chi connectivity index (χ2v) is 13.6. The standard InChI is InChI=1S/C23H34NO3PS/c1-8-23(6,7)28(29,24-17(2)21(25)26-16-22(3,4)5)27-20-15-11-13-18-12-9-10-14-19(18)20/h9-15,17H,8,16H2,1-7H3,(H,24,29)/t17-,28?/m1/s1. The molecule has 0 aliphatic carbocycles. The number of hydrogen-bond donors (Lipinski definition) is 1. The monoisotopic (exact) mass is 435 g/mol. The van der Waals surface area contributed by atoms with Crippen LogP contribution in [0.15, 0.2) is 42.5 Å². The molecule has 0 heterocycles. The van der Waals surface area contributed by atoms with Gasteiger partial charge in [0.25, 0.3) is 0 Å². The molecular weight excluding hydrogens is 401 g/mol. The zero-order valence-corrected chi connectivity index (χ0v) is 20.3. The molecule has 0 radical (unpaired) electrons. The topological polar surface area (TPSA) is 47.6 Å². The van der Waals surface area contributed by atoms with Gasteiger partial charge in [-0.1, -0.05) is 77.9 Å². The molecule has 4 nitrogen and oxygen atoms in total. The molecule has 2 aromatic rings. The molecule has 6 heteroatoms. The minimum absolute atomic E-state index is 0.0856. The summed E-state index contributed by atoms with van der Waals surface area (Å²) in [6.45, 7) is 14.5. The number of carbonyl (C=O) groups excluding carboxylic acids is 1. The highest BCUT2D eigenvalue weighted by Crippen LogP contribution is 2.58. The van der Waals surface area contributed by atoms with Gasteiger partial charge in [0.1, 0.15) is 11.8 Å². The Morgan fingerprint density at radius 2 is 1.72 bits per heavy atom. The van der Waals surface area contributed by atoms with Crippen molar-refractivity contribution in [2.24, 2.45) is 5.41 Å². The Balaban J connectivity index is 2.32. The Hall–Kier alpha value is -1.42. The lowest BCUT2D eigenvalue weighted by atomic mass is 9.99. The van der Waals surface area contributed by atoms with E-state index in [0.717, 1.165) is 22.9 Å². The first kappa shape index (κ1) is 23.9. The van der Waals surface area contributed by atoms with E-state index in [9.17, 15) is 4.79 Å². The second-order valence-electron chi connectivity index (χ2n) is 9.31. The van der Waals surface area contributed by atoms with E-state index in [-0.39, 0.29) is 16.5 Å². The van der Waals surface area contributed by atoms with Crippen LogP contribution >= 0.6 is 6.42 Å².